The molecule has 0 aromatic heterocycles. The first-order valence-corrected chi connectivity index (χ1v) is 11.4. The van der Waals surface area contributed by atoms with Crippen molar-refractivity contribution in [3.05, 3.63) is 116 Å². The maximum atomic E-state index is 2.27. The van der Waals surface area contributed by atoms with Crippen molar-refractivity contribution in [2.45, 2.75) is 67.2 Å². The Morgan fingerprint density at radius 2 is 0.800 bits per heavy atom. The molecule has 197 valence electrons. The van der Waals surface area contributed by atoms with Crippen molar-refractivity contribution in [1.82, 2.24) is 0 Å². The third-order valence-corrected chi connectivity index (χ3v) is 5.76. The summed E-state index contributed by atoms with van der Waals surface area (Å²) in [5.74, 6) is 0. The Morgan fingerprint density at radius 3 is 1.06 bits per heavy atom. The Bertz CT molecular complexity index is 870. The van der Waals surface area contributed by atoms with Gasteiger partial charge in [0.25, 0.3) is 0 Å². The van der Waals surface area contributed by atoms with Gasteiger partial charge in [-0.2, -0.15) is 0 Å². The monoisotopic (exact) mass is 671 g/mol. The molecule has 0 unspecified atom stereocenters. The maximum absolute atomic E-state index is 2.27. The smallest absolute Gasteiger partial charge is 0.0184 e. The molecule has 2 aliphatic rings. The molecule has 1 aliphatic heterocycles. The minimum Gasteiger partial charge on any atom is -1.00 e. The second kappa shape index (κ2) is 16.8. The summed E-state index contributed by atoms with van der Waals surface area (Å²) in [5, 5.41) is 0. The van der Waals surface area contributed by atoms with Crippen LogP contribution >= 0.6 is 0 Å². The van der Waals surface area contributed by atoms with Gasteiger partial charge < -0.3 is 37.1 Å². The van der Waals surface area contributed by atoms with Gasteiger partial charge in [-0.15, -0.1) is 6.67 Å². The third-order valence-electron chi connectivity index (χ3n) is 5.76. The SMILES string of the molecule is C1=C\CC/C=C\CC/1.Cc1cc(C)c(N2C=CN(c3c(C)cc(C)cc3C)[CH-]2)c(C)c1.[CH3-].[CH3-].[Cl-].[Ir]. The van der Waals surface area contributed by atoms with E-state index in [-0.39, 0.29) is 47.4 Å². The topological polar surface area (TPSA) is 6.48 Å². The van der Waals surface area contributed by atoms with Gasteiger partial charge in [-0.05, 0) is 102 Å². The van der Waals surface area contributed by atoms with Crippen LogP contribution in [-0.2, 0) is 20.1 Å². The quantitative estimate of drug-likeness (QED) is 0.285. The summed E-state index contributed by atoms with van der Waals surface area (Å²) in [6.45, 7) is 15.2. The zero-order chi connectivity index (χ0) is 22.4. The molecule has 0 saturated heterocycles. The summed E-state index contributed by atoms with van der Waals surface area (Å²) in [7, 11) is 0. The molecule has 4 heteroatoms. The Balaban J connectivity index is 0. The van der Waals surface area contributed by atoms with Crippen molar-refractivity contribution in [2.75, 3.05) is 9.80 Å². The zero-order valence-electron chi connectivity index (χ0n) is 22.8. The van der Waals surface area contributed by atoms with E-state index in [2.05, 4.69) is 119 Å². The molecule has 4 rings (SSSR count). The number of rotatable bonds is 2. The Kier molecular flexibility index (Phi) is 17.0. The van der Waals surface area contributed by atoms with Gasteiger partial charge in [-0.25, -0.2) is 0 Å². The number of benzene rings is 2. The Labute approximate surface area is 236 Å². The fourth-order valence-electron chi connectivity index (χ4n) is 4.63. The molecule has 0 spiro atoms. The molecule has 0 bridgehead atoms. The average molecular weight is 671 g/mol. The summed E-state index contributed by atoms with van der Waals surface area (Å²) < 4.78 is 0. The molecule has 1 heterocycles. The number of hydrogen-bond donors (Lipinski definition) is 0. The van der Waals surface area contributed by atoms with E-state index in [0.29, 0.717) is 0 Å². The first-order chi connectivity index (χ1) is 14.9. The molecule has 0 N–H and O–H groups in total. The van der Waals surface area contributed by atoms with Crippen LogP contribution < -0.4 is 22.2 Å². The van der Waals surface area contributed by atoms with Crippen molar-refractivity contribution in [2.24, 2.45) is 0 Å². The van der Waals surface area contributed by atoms with Crippen molar-refractivity contribution in [1.29, 1.82) is 0 Å². The van der Waals surface area contributed by atoms with E-state index in [1.807, 2.05) is 0 Å². The number of aryl methyl sites for hydroxylation is 6. The predicted octanol–water partition coefficient (Wildman–Crippen LogP) is 6.03. The van der Waals surface area contributed by atoms with E-state index in [0.717, 1.165) is 0 Å². The van der Waals surface area contributed by atoms with Crippen LogP contribution in [0.1, 0.15) is 59.1 Å². The number of allylic oxidation sites excluding steroid dienone is 4. The van der Waals surface area contributed by atoms with Gasteiger partial charge in [0.15, 0.2) is 0 Å². The molecule has 0 fully saturated rings. The Morgan fingerprint density at radius 1 is 0.543 bits per heavy atom. The maximum Gasteiger partial charge on any atom is 0.0184 e. The molecule has 35 heavy (non-hydrogen) atoms. The van der Waals surface area contributed by atoms with E-state index in [4.69, 9.17) is 0 Å². The normalized spacial score (nSPS) is 15.6. The molecular formula is C31H43ClIrN2-4. The first kappa shape index (κ1) is 35.4. The van der Waals surface area contributed by atoms with E-state index in [9.17, 15) is 0 Å². The molecule has 0 atom stereocenters. The third kappa shape index (κ3) is 9.64. The van der Waals surface area contributed by atoms with Gasteiger partial charge in [0.2, 0.25) is 0 Å². The van der Waals surface area contributed by atoms with E-state index in [1.54, 1.807) is 0 Å². The number of hydrogen-bond acceptors (Lipinski definition) is 2. The summed E-state index contributed by atoms with van der Waals surface area (Å²) in [4.78, 5) is 4.45. The van der Waals surface area contributed by atoms with E-state index in [1.165, 1.54) is 70.4 Å². The fourth-order valence-corrected chi connectivity index (χ4v) is 4.63. The zero-order valence-corrected chi connectivity index (χ0v) is 25.9. The first-order valence-electron chi connectivity index (χ1n) is 11.4. The van der Waals surface area contributed by atoms with Gasteiger partial charge >= 0.3 is 0 Å². The Hall–Kier alpha value is -1.80. The summed E-state index contributed by atoms with van der Waals surface area (Å²) in [6, 6.07) is 8.98. The second-order valence-electron chi connectivity index (χ2n) is 8.82. The van der Waals surface area contributed by atoms with Crippen LogP contribution in [0.5, 0.6) is 0 Å². The van der Waals surface area contributed by atoms with Crippen LogP contribution in [0.4, 0.5) is 11.4 Å². The molecule has 0 amide bonds. The van der Waals surface area contributed by atoms with E-state index >= 15 is 0 Å². The van der Waals surface area contributed by atoms with Crippen LogP contribution in [0.2, 0.25) is 0 Å². The van der Waals surface area contributed by atoms with Crippen molar-refractivity contribution >= 4 is 11.4 Å². The van der Waals surface area contributed by atoms with Crippen LogP contribution in [0.25, 0.3) is 0 Å². The van der Waals surface area contributed by atoms with Crippen molar-refractivity contribution in [3.63, 3.8) is 0 Å². The van der Waals surface area contributed by atoms with Crippen LogP contribution in [0.15, 0.2) is 61.0 Å². The minimum absolute atomic E-state index is 0. The van der Waals surface area contributed by atoms with Gasteiger partial charge in [0.1, 0.15) is 0 Å². The van der Waals surface area contributed by atoms with Gasteiger partial charge in [0.05, 0.1) is 0 Å². The number of nitrogens with zero attached hydrogens (tertiary/aromatic N) is 2. The van der Waals surface area contributed by atoms with E-state index < -0.39 is 0 Å². The molecule has 1 aliphatic carbocycles. The average Bonchev–Trinajstić information content (AvgIpc) is 3.09. The van der Waals surface area contributed by atoms with Gasteiger partial charge in [0, 0.05) is 31.5 Å². The fraction of sp³-hybridized carbons (Fsp3) is 0.323. The summed E-state index contributed by atoms with van der Waals surface area (Å²) >= 11 is 0. The molecule has 0 saturated carbocycles. The molecular weight excluding hydrogens is 628 g/mol. The summed E-state index contributed by atoms with van der Waals surface area (Å²) in [5.41, 5.74) is 10.4. The molecule has 2 aromatic rings. The van der Waals surface area contributed by atoms with Crippen LogP contribution in [0.3, 0.4) is 0 Å². The minimum atomic E-state index is 0. The van der Waals surface area contributed by atoms with Crippen LogP contribution in [0, 0.1) is 63.1 Å². The second-order valence-corrected chi connectivity index (χ2v) is 8.82. The largest absolute Gasteiger partial charge is 1.00 e. The summed E-state index contributed by atoms with van der Waals surface area (Å²) in [6.07, 6.45) is 18.3. The molecule has 2 aromatic carbocycles. The predicted molar refractivity (Wildman–Crippen MR) is 149 cm³/mol. The van der Waals surface area contributed by atoms with Gasteiger partial charge in [-0.1, -0.05) is 59.7 Å². The van der Waals surface area contributed by atoms with Crippen LogP contribution in [-0.4, -0.2) is 0 Å². The van der Waals surface area contributed by atoms with Crippen molar-refractivity contribution < 1.29 is 32.5 Å². The molecule has 2 nitrogen and oxygen atoms in total. The molecule has 1 radical (unpaired) electrons. The van der Waals surface area contributed by atoms with Gasteiger partial charge in [-0.3, -0.25) is 0 Å². The standard InChI is InChI=1S/C21H25N2.C8H12.2CH3.ClH.Ir/c1-14-9-16(3)20(17(4)10-14)22-7-8-23(13-22)21-18(5)11-15(2)12-19(21)6;1-2-4-6-8-7-5-3-1;;;;/h7-13H,1-6H3;1-2,7-8H,3-6H2;2*1H3;1H;/q-1;;2*-1;;/p-1/b;2-1-,8-7-;;;;. The number of anilines is 2. The number of halogens is 1. The van der Waals surface area contributed by atoms with Crippen molar-refractivity contribution in [3.8, 4) is 0 Å².